The first-order valence-corrected chi connectivity index (χ1v) is 7.26. The Morgan fingerprint density at radius 2 is 1.79 bits per heavy atom. The van der Waals surface area contributed by atoms with Gasteiger partial charge < -0.3 is 5.73 Å². The first-order valence-electron chi connectivity index (χ1n) is 6.27. The Morgan fingerprint density at radius 3 is 2.42 bits per heavy atom. The average Bonchev–Trinajstić information content (AvgIpc) is 2.37. The molecule has 0 heterocycles. The Morgan fingerprint density at radius 1 is 1.11 bits per heavy atom. The maximum Gasteiger partial charge on any atom is 0.123 e. The van der Waals surface area contributed by atoms with Crippen LogP contribution in [0.5, 0.6) is 0 Å². The predicted octanol–water partition coefficient (Wildman–Crippen LogP) is 4.23. The van der Waals surface area contributed by atoms with E-state index in [1.54, 1.807) is 17.8 Å². The van der Waals surface area contributed by atoms with Crippen LogP contribution in [-0.2, 0) is 0 Å². The molecular weight excluding hydrogens is 257 g/mol. The second kappa shape index (κ2) is 6.22. The molecule has 2 N–H and O–H groups in total. The molecule has 0 amide bonds. The zero-order valence-corrected chi connectivity index (χ0v) is 12.0. The SMILES string of the molecule is Cc1ccc(SCC(N)c2ccc(F)cc2C)cc1. The van der Waals surface area contributed by atoms with Crippen molar-refractivity contribution in [2.75, 3.05) is 5.75 Å². The number of benzene rings is 2. The molecule has 0 saturated heterocycles. The van der Waals surface area contributed by atoms with Crippen LogP contribution in [0.3, 0.4) is 0 Å². The molecule has 19 heavy (non-hydrogen) atoms. The molecule has 2 aromatic rings. The fraction of sp³-hybridized carbons (Fsp3) is 0.250. The van der Waals surface area contributed by atoms with Crippen LogP contribution in [0.25, 0.3) is 0 Å². The molecule has 3 heteroatoms. The lowest BCUT2D eigenvalue weighted by molar-refractivity contribution is 0.624. The molecule has 1 unspecified atom stereocenters. The number of aryl methyl sites for hydroxylation is 2. The molecule has 0 fully saturated rings. The number of halogens is 1. The van der Waals surface area contributed by atoms with E-state index in [2.05, 4.69) is 31.2 Å². The zero-order valence-electron chi connectivity index (χ0n) is 11.2. The van der Waals surface area contributed by atoms with Crippen molar-refractivity contribution in [3.05, 3.63) is 65.0 Å². The molecule has 0 radical (unpaired) electrons. The van der Waals surface area contributed by atoms with Gasteiger partial charge in [0.2, 0.25) is 0 Å². The lowest BCUT2D eigenvalue weighted by Crippen LogP contribution is -2.14. The Kier molecular flexibility index (Phi) is 4.61. The second-order valence-electron chi connectivity index (χ2n) is 4.73. The van der Waals surface area contributed by atoms with Gasteiger partial charge in [-0.1, -0.05) is 23.8 Å². The van der Waals surface area contributed by atoms with Gasteiger partial charge in [-0.2, -0.15) is 0 Å². The molecule has 0 aliphatic carbocycles. The maximum absolute atomic E-state index is 13.1. The van der Waals surface area contributed by atoms with E-state index in [1.165, 1.54) is 22.6 Å². The Hall–Kier alpha value is -1.32. The highest BCUT2D eigenvalue weighted by molar-refractivity contribution is 7.99. The normalized spacial score (nSPS) is 12.4. The maximum atomic E-state index is 13.1. The number of rotatable bonds is 4. The van der Waals surface area contributed by atoms with Gasteiger partial charge in [-0.05, 0) is 49.2 Å². The monoisotopic (exact) mass is 275 g/mol. The summed E-state index contributed by atoms with van der Waals surface area (Å²) in [5.74, 6) is 0.579. The minimum absolute atomic E-state index is 0.0769. The molecule has 0 bridgehead atoms. The van der Waals surface area contributed by atoms with Crippen molar-refractivity contribution < 1.29 is 4.39 Å². The highest BCUT2D eigenvalue weighted by Gasteiger charge is 2.10. The molecule has 2 rings (SSSR count). The van der Waals surface area contributed by atoms with Crippen LogP contribution < -0.4 is 5.73 Å². The van der Waals surface area contributed by atoms with E-state index in [4.69, 9.17) is 5.73 Å². The predicted molar refractivity (Wildman–Crippen MR) is 80.0 cm³/mol. The minimum atomic E-state index is -0.209. The van der Waals surface area contributed by atoms with Crippen LogP contribution in [0.4, 0.5) is 4.39 Å². The van der Waals surface area contributed by atoms with Crippen LogP contribution in [-0.4, -0.2) is 5.75 Å². The van der Waals surface area contributed by atoms with Crippen molar-refractivity contribution in [3.8, 4) is 0 Å². The summed E-state index contributed by atoms with van der Waals surface area (Å²) in [4.78, 5) is 1.21. The smallest absolute Gasteiger partial charge is 0.123 e. The van der Waals surface area contributed by atoms with Crippen LogP contribution in [0.2, 0.25) is 0 Å². The van der Waals surface area contributed by atoms with E-state index >= 15 is 0 Å². The minimum Gasteiger partial charge on any atom is -0.323 e. The van der Waals surface area contributed by atoms with E-state index in [9.17, 15) is 4.39 Å². The van der Waals surface area contributed by atoms with Gasteiger partial charge in [0.05, 0.1) is 0 Å². The third-order valence-corrected chi connectivity index (χ3v) is 4.21. The second-order valence-corrected chi connectivity index (χ2v) is 5.82. The summed E-state index contributed by atoms with van der Waals surface area (Å²) in [6.07, 6.45) is 0. The topological polar surface area (TPSA) is 26.0 Å². The van der Waals surface area contributed by atoms with E-state index in [-0.39, 0.29) is 11.9 Å². The first kappa shape index (κ1) is 14.1. The number of nitrogens with two attached hydrogens (primary N) is 1. The molecule has 0 aliphatic rings. The molecular formula is C16H18FNS. The van der Waals surface area contributed by atoms with Crippen molar-refractivity contribution in [1.82, 2.24) is 0 Å². The van der Waals surface area contributed by atoms with E-state index < -0.39 is 0 Å². The Labute approximate surface area is 118 Å². The summed E-state index contributed by atoms with van der Waals surface area (Å²) >= 11 is 1.73. The van der Waals surface area contributed by atoms with Crippen molar-refractivity contribution in [2.45, 2.75) is 24.8 Å². The number of thioether (sulfide) groups is 1. The largest absolute Gasteiger partial charge is 0.323 e. The van der Waals surface area contributed by atoms with Gasteiger partial charge in [-0.3, -0.25) is 0 Å². The molecule has 0 aromatic heterocycles. The summed E-state index contributed by atoms with van der Waals surface area (Å²) in [6, 6.07) is 13.1. The van der Waals surface area contributed by atoms with Gasteiger partial charge >= 0.3 is 0 Å². The molecule has 1 nitrogen and oxygen atoms in total. The summed E-state index contributed by atoms with van der Waals surface area (Å²) < 4.78 is 13.1. The molecule has 2 aromatic carbocycles. The van der Waals surface area contributed by atoms with Crippen LogP contribution >= 0.6 is 11.8 Å². The van der Waals surface area contributed by atoms with E-state index in [0.29, 0.717) is 0 Å². The van der Waals surface area contributed by atoms with Gasteiger partial charge in [0, 0.05) is 16.7 Å². The molecule has 1 atom stereocenters. The highest BCUT2D eigenvalue weighted by atomic mass is 32.2. The fourth-order valence-electron chi connectivity index (χ4n) is 1.97. The number of hydrogen-bond donors (Lipinski definition) is 1. The lowest BCUT2D eigenvalue weighted by atomic mass is 10.0. The van der Waals surface area contributed by atoms with Crippen molar-refractivity contribution in [3.63, 3.8) is 0 Å². The van der Waals surface area contributed by atoms with Crippen molar-refractivity contribution in [1.29, 1.82) is 0 Å². The summed E-state index contributed by atoms with van der Waals surface area (Å²) in [5, 5.41) is 0. The van der Waals surface area contributed by atoms with Crippen LogP contribution in [0, 0.1) is 19.7 Å². The third-order valence-electron chi connectivity index (χ3n) is 3.08. The van der Waals surface area contributed by atoms with Crippen LogP contribution in [0.15, 0.2) is 47.4 Å². The quantitative estimate of drug-likeness (QED) is 0.845. The Bertz CT molecular complexity index is 551. The standard InChI is InChI=1S/C16H18FNS/c1-11-3-6-14(7-4-11)19-10-16(18)15-8-5-13(17)9-12(15)2/h3-9,16H,10,18H2,1-2H3. The first-order chi connectivity index (χ1) is 9.06. The van der Waals surface area contributed by atoms with Crippen molar-refractivity contribution in [2.24, 2.45) is 5.73 Å². The molecule has 100 valence electrons. The summed E-state index contributed by atoms with van der Waals surface area (Å²) in [6.45, 7) is 3.97. The van der Waals surface area contributed by atoms with Gasteiger partial charge in [-0.15, -0.1) is 11.8 Å². The zero-order chi connectivity index (χ0) is 13.8. The number of hydrogen-bond acceptors (Lipinski definition) is 2. The summed E-state index contributed by atoms with van der Waals surface area (Å²) in [7, 11) is 0. The molecule has 0 saturated carbocycles. The van der Waals surface area contributed by atoms with E-state index in [1.807, 2.05) is 6.92 Å². The van der Waals surface area contributed by atoms with Gasteiger partial charge in [0.1, 0.15) is 5.82 Å². The van der Waals surface area contributed by atoms with Gasteiger partial charge in [0.25, 0.3) is 0 Å². The average molecular weight is 275 g/mol. The molecule has 0 spiro atoms. The summed E-state index contributed by atoms with van der Waals surface area (Å²) in [5.41, 5.74) is 9.36. The third kappa shape index (κ3) is 3.82. The van der Waals surface area contributed by atoms with Crippen LogP contribution in [0.1, 0.15) is 22.7 Å². The lowest BCUT2D eigenvalue weighted by Gasteiger charge is -2.14. The fourth-order valence-corrected chi connectivity index (χ4v) is 2.85. The van der Waals surface area contributed by atoms with E-state index in [0.717, 1.165) is 16.9 Å². The van der Waals surface area contributed by atoms with Crippen molar-refractivity contribution >= 4 is 11.8 Å². The van der Waals surface area contributed by atoms with Gasteiger partial charge in [-0.25, -0.2) is 4.39 Å². The van der Waals surface area contributed by atoms with Gasteiger partial charge in [0.15, 0.2) is 0 Å². The molecule has 0 aliphatic heterocycles. The Balaban J connectivity index is 2.01. The highest BCUT2D eigenvalue weighted by Crippen LogP contribution is 2.25.